The second-order valence-corrected chi connectivity index (χ2v) is 4.80. The minimum atomic E-state index is -0.385. The highest BCUT2D eigenvalue weighted by molar-refractivity contribution is 9.10. The number of halogens is 1. The molecule has 0 aliphatic heterocycles. The lowest BCUT2D eigenvalue weighted by atomic mass is 10.5. The summed E-state index contributed by atoms with van der Waals surface area (Å²) < 4.78 is 5.99. The van der Waals surface area contributed by atoms with Gasteiger partial charge in [-0.2, -0.15) is 0 Å². The van der Waals surface area contributed by atoms with E-state index in [1.54, 1.807) is 13.8 Å². The molecule has 0 saturated carbocycles. The number of hydrogen-bond donors (Lipinski definition) is 1. The van der Waals surface area contributed by atoms with Crippen LogP contribution in [0.5, 0.6) is 0 Å². The van der Waals surface area contributed by atoms with Gasteiger partial charge in [0.1, 0.15) is 4.47 Å². The van der Waals surface area contributed by atoms with Crippen LogP contribution in [0.2, 0.25) is 0 Å². The Hall–Kier alpha value is -1.02. The van der Waals surface area contributed by atoms with Gasteiger partial charge in [-0.3, -0.25) is 9.59 Å². The molecule has 17 heavy (non-hydrogen) atoms. The Balaban J connectivity index is 2.86. The highest BCUT2D eigenvalue weighted by Gasteiger charge is 2.12. The predicted molar refractivity (Wildman–Crippen MR) is 68.4 cm³/mol. The normalized spacial score (nSPS) is 10.3. The molecule has 0 atom stereocenters. The first-order chi connectivity index (χ1) is 7.97. The zero-order valence-electron chi connectivity index (χ0n) is 9.40. The summed E-state index contributed by atoms with van der Waals surface area (Å²) in [6, 6.07) is 0. The van der Waals surface area contributed by atoms with Crippen LogP contribution in [-0.4, -0.2) is 28.0 Å². The first-order valence-electron chi connectivity index (χ1n) is 4.80. The first kappa shape index (κ1) is 14.0. The van der Waals surface area contributed by atoms with Gasteiger partial charge in [-0.25, -0.2) is 9.66 Å². The molecule has 1 heterocycles. The molecule has 1 aromatic heterocycles. The standard InChI is InChI=1S/C9H12BrN3O3S/c1-3-16-6(14)4-17-9-12-5(2)7(10)8(15)13(9)11/h3-4,11H2,1-2H3. The van der Waals surface area contributed by atoms with E-state index in [9.17, 15) is 9.59 Å². The summed E-state index contributed by atoms with van der Waals surface area (Å²) in [5.74, 6) is 5.25. The molecule has 1 aromatic rings. The number of aryl methyl sites for hydroxylation is 1. The molecule has 8 heteroatoms. The quantitative estimate of drug-likeness (QED) is 0.380. The third kappa shape index (κ3) is 3.47. The van der Waals surface area contributed by atoms with Crippen molar-refractivity contribution in [1.29, 1.82) is 0 Å². The van der Waals surface area contributed by atoms with Crippen molar-refractivity contribution < 1.29 is 9.53 Å². The lowest BCUT2D eigenvalue weighted by Crippen LogP contribution is -2.31. The molecule has 2 N–H and O–H groups in total. The zero-order chi connectivity index (χ0) is 13.0. The summed E-state index contributed by atoms with van der Waals surface area (Å²) in [4.78, 5) is 26.9. The van der Waals surface area contributed by atoms with Gasteiger partial charge in [0.05, 0.1) is 18.1 Å². The van der Waals surface area contributed by atoms with E-state index in [1.165, 1.54) is 0 Å². The Labute approximate surface area is 111 Å². The van der Waals surface area contributed by atoms with Gasteiger partial charge in [-0.15, -0.1) is 0 Å². The lowest BCUT2D eigenvalue weighted by molar-refractivity contribution is -0.139. The largest absolute Gasteiger partial charge is 0.465 e. The van der Waals surface area contributed by atoms with Gasteiger partial charge < -0.3 is 10.6 Å². The Morgan fingerprint density at radius 1 is 1.65 bits per heavy atom. The fourth-order valence-electron chi connectivity index (χ4n) is 1.02. The molecule has 0 spiro atoms. The minimum Gasteiger partial charge on any atom is -0.465 e. The summed E-state index contributed by atoms with van der Waals surface area (Å²) in [7, 11) is 0. The van der Waals surface area contributed by atoms with E-state index in [-0.39, 0.29) is 22.4 Å². The molecule has 6 nitrogen and oxygen atoms in total. The first-order valence-corrected chi connectivity index (χ1v) is 6.57. The topological polar surface area (TPSA) is 87.2 Å². The second kappa shape index (κ2) is 6.06. The average molecular weight is 322 g/mol. The van der Waals surface area contributed by atoms with Crippen LogP contribution in [0.4, 0.5) is 0 Å². The summed E-state index contributed by atoms with van der Waals surface area (Å²) in [5.41, 5.74) is 0.145. The van der Waals surface area contributed by atoms with Crippen molar-refractivity contribution in [2.24, 2.45) is 0 Å². The fraction of sp³-hybridized carbons (Fsp3) is 0.444. The van der Waals surface area contributed by atoms with Crippen molar-refractivity contribution in [3.63, 3.8) is 0 Å². The maximum absolute atomic E-state index is 11.6. The lowest BCUT2D eigenvalue weighted by Gasteiger charge is -2.08. The molecule has 94 valence electrons. The molecule has 0 fully saturated rings. The smallest absolute Gasteiger partial charge is 0.316 e. The number of aromatic nitrogens is 2. The van der Waals surface area contributed by atoms with E-state index >= 15 is 0 Å². The van der Waals surface area contributed by atoms with Crippen LogP contribution >= 0.6 is 27.7 Å². The highest BCUT2D eigenvalue weighted by atomic mass is 79.9. The van der Waals surface area contributed by atoms with Gasteiger partial charge in [-0.1, -0.05) is 11.8 Å². The van der Waals surface area contributed by atoms with Crippen molar-refractivity contribution in [1.82, 2.24) is 9.66 Å². The van der Waals surface area contributed by atoms with E-state index in [1.807, 2.05) is 0 Å². The summed E-state index contributed by atoms with van der Waals surface area (Å²) in [6.45, 7) is 3.73. The number of nitrogens with zero attached hydrogens (tertiary/aromatic N) is 2. The van der Waals surface area contributed by atoms with E-state index in [0.29, 0.717) is 16.8 Å². The Bertz CT molecular complexity index is 489. The number of rotatable bonds is 4. The molecule has 0 bridgehead atoms. The van der Waals surface area contributed by atoms with Gasteiger partial charge >= 0.3 is 5.97 Å². The number of hydrogen-bond acceptors (Lipinski definition) is 6. The molecule has 0 unspecified atom stereocenters. The Morgan fingerprint density at radius 2 is 2.29 bits per heavy atom. The van der Waals surface area contributed by atoms with Crippen LogP contribution in [0.15, 0.2) is 14.4 Å². The van der Waals surface area contributed by atoms with Gasteiger partial charge in [0.2, 0.25) is 0 Å². The third-order valence-corrected chi connectivity index (χ3v) is 3.66. The van der Waals surface area contributed by atoms with Gasteiger partial charge in [-0.05, 0) is 29.8 Å². The third-order valence-electron chi connectivity index (χ3n) is 1.82. The number of nitrogens with two attached hydrogens (primary N) is 1. The fourth-order valence-corrected chi connectivity index (χ4v) is 2.06. The van der Waals surface area contributed by atoms with Crippen LogP contribution in [0, 0.1) is 6.92 Å². The number of nitrogen functional groups attached to an aromatic ring is 1. The van der Waals surface area contributed by atoms with E-state index < -0.39 is 0 Å². The molecular weight excluding hydrogens is 310 g/mol. The van der Waals surface area contributed by atoms with Crippen molar-refractivity contribution in [2.45, 2.75) is 19.0 Å². The van der Waals surface area contributed by atoms with E-state index in [4.69, 9.17) is 10.6 Å². The molecule has 0 aliphatic carbocycles. The second-order valence-electron chi connectivity index (χ2n) is 3.06. The molecular formula is C9H12BrN3O3S. The summed E-state index contributed by atoms with van der Waals surface area (Å²) in [6.07, 6.45) is 0. The van der Waals surface area contributed by atoms with Gasteiger partial charge in [0.25, 0.3) is 5.56 Å². The number of ether oxygens (including phenoxy) is 1. The Kier molecular flexibility index (Phi) is 5.01. The Morgan fingerprint density at radius 3 is 2.88 bits per heavy atom. The molecule has 0 aromatic carbocycles. The summed E-state index contributed by atoms with van der Waals surface area (Å²) in [5, 5.41) is 0.281. The zero-order valence-corrected chi connectivity index (χ0v) is 11.8. The number of carbonyl (C=O) groups excluding carboxylic acids is 1. The minimum absolute atomic E-state index is 0.0680. The molecule has 0 radical (unpaired) electrons. The maximum Gasteiger partial charge on any atom is 0.316 e. The van der Waals surface area contributed by atoms with Crippen LogP contribution in [0.25, 0.3) is 0 Å². The molecule has 0 aliphatic rings. The number of carbonyl (C=O) groups is 1. The number of esters is 1. The average Bonchev–Trinajstić information content (AvgIpc) is 2.30. The van der Waals surface area contributed by atoms with Gasteiger partial charge in [0.15, 0.2) is 5.16 Å². The van der Waals surface area contributed by atoms with E-state index in [2.05, 4.69) is 20.9 Å². The van der Waals surface area contributed by atoms with Crippen molar-refractivity contribution >= 4 is 33.7 Å². The van der Waals surface area contributed by atoms with Gasteiger partial charge in [0, 0.05) is 0 Å². The van der Waals surface area contributed by atoms with Crippen LogP contribution in [0.3, 0.4) is 0 Å². The van der Waals surface area contributed by atoms with Crippen molar-refractivity contribution in [3.8, 4) is 0 Å². The van der Waals surface area contributed by atoms with Crippen molar-refractivity contribution in [3.05, 3.63) is 20.5 Å². The van der Waals surface area contributed by atoms with E-state index in [0.717, 1.165) is 16.4 Å². The molecule has 1 rings (SSSR count). The predicted octanol–water partition coefficient (Wildman–Crippen LogP) is 0.683. The molecule has 0 amide bonds. The summed E-state index contributed by atoms with van der Waals surface area (Å²) >= 11 is 4.16. The number of thioether (sulfide) groups is 1. The highest BCUT2D eigenvalue weighted by Crippen LogP contribution is 2.16. The monoisotopic (exact) mass is 321 g/mol. The SMILES string of the molecule is CCOC(=O)CSc1nc(C)c(Br)c(=O)n1N. The van der Waals surface area contributed by atoms with Crippen LogP contribution in [0.1, 0.15) is 12.6 Å². The maximum atomic E-state index is 11.6. The van der Waals surface area contributed by atoms with Crippen LogP contribution in [-0.2, 0) is 9.53 Å². The molecule has 0 saturated heterocycles. The van der Waals surface area contributed by atoms with Crippen LogP contribution < -0.4 is 11.4 Å². The van der Waals surface area contributed by atoms with Crippen molar-refractivity contribution in [2.75, 3.05) is 18.2 Å².